The number of aromatic nitrogens is 2. The van der Waals surface area contributed by atoms with Crippen molar-refractivity contribution in [3.8, 4) is 12.3 Å². The van der Waals surface area contributed by atoms with Gasteiger partial charge in [-0.2, -0.15) is 5.10 Å². The second-order valence-corrected chi connectivity index (χ2v) is 6.20. The van der Waals surface area contributed by atoms with Crippen LogP contribution in [-0.2, 0) is 6.54 Å². The molecular formula is C15H20BrN3O. The normalized spacial score (nSPS) is 22.9. The third-order valence-electron chi connectivity index (χ3n) is 3.93. The van der Waals surface area contributed by atoms with Crippen molar-refractivity contribution in [2.75, 3.05) is 5.32 Å². The number of terminal acetylenes is 1. The van der Waals surface area contributed by atoms with Gasteiger partial charge in [-0.05, 0) is 34.7 Å². The summed E-state index contributed by atoms with van der Waals surface area (Å²) in [5.74, 6) is 3.04. The van der Waals surface area contributed by atoms with Crippen LogP contribution in [-0.4, -0.2) is 15.8 Å². The molecule has 1 aromatic heterocycles. The number of nitrogens with one attached hydrogen (secondary N) is 1. The molecule has 1 aliphatic carbocycles. The Bertz CT molecular complexity index is 561. The van der Waals surface area contributed by atoms with E-state index in [1.807, 2.05) is 0 Å². The van der Waals surface area contributed by atoms with Crippen LogP contribution in [0.5, 0.6) is 0 Å². The molecule has 0 spiro atoms. The predicted molar refractivity (Wildman–Crippen MR) is 84.7 cm³/mol. The molecule has 4 nitrogen and oxygen atoms in total. The SMILES string of the molecule is C#CCn1ncc(NC2CCCCCC2C)c(Br)c1=O. The van der Waals surface area contributed by atoms with Gasteiger partial charge in [0.1, 0.15) is 11.0 Å². The van der Waals surface area contributed by atoms with E-state index in [4.69, 9.17) is 6.42 Å². The lowest BCUT2D eigenvalue weighted by Gasteiger charge is -2.24. The molecule has 1 fully saturated rings. The minimum absolute atomic E-state index is 0.186. The average molecular weight is 338 g/mol. The largest absolute Gasteiger partial charge is 0.380 e. The first-order valence-corrected chi connectivity index (χ1v) is 7.88. The van der Waals surface area contributed by atoms with E-state index in [1.54, 1.807) is 6.20 Å². The Morgan fingerprint density at radius 1 is 1.50 bits per heavy atom. The molecule has 0 saturated heterocycles. The molecule has 108 valence electrons. The summed E-state index contributed by atoms with van der Waals surface area (Å²) in [5, 5.41) is 7.59. The highest BCUT2D eigenvalue weighted by molar-refractivity contribution is 9.10. The first-order valence-electron chi connectivity index (χ1n) is 7.09. The maximum absolute atomic E-state index is 12.1. The molecule has 1 aromatic rings. The average Bonchev–Trinajstić information content (AvgIpc) is 2.64. The summed E-state index contributed by atoms with van der Waals surface area (Å²) in [4.78, 5) is 12.1. The number of rotatable bonds is 3. The summed E-state index contributed by atoms with van der Waals surface area (Å²) >= 11 is 3.36. The van der Waals surface area contributed by atoms with Gasteiger partial charge >= 0.3 is 0 Å². The molecule has 1 heterocycles. The Labute approximate surface area is 128 Å². The van der Waals surface area contributed by atoms with Gasteiger partial charge in [-0.3, -0.25) is 4.79 Å². The summed E-state index contributed by atoms with van der Waals surface area (Å²) in [6, 6.07) is 0.401. The monoisotopic (exact) mass is 337 g/mol. The highest BCUT2D eigenvalue weighted by Crippen LogP contribution is 2.27. The first kappa shape index (κ1) is 15.1. The standard InChI is InChI=1S/C15H20BrN3O/c1-3-9-19-15(20)14(16)13(10-17-19)18-12-8-6-4-5-7-11(12)2/h1,10-12,18H,4-9H2,2H3. The van der Waals surface area contributed by atoms with Crippen molar-refractivity contribution in [1.82, 2.24) is 9.78 Å². The lowest BCUT2D eigenvalue weighted by atomic mass is 9.97. The van der Waals surface area contributed by atoms with E-state index in [0.717, 1.165) is 12.1 Å². The van der Waals surface area contributed by atoms with Crippen LogP contribution in [0.4, 0.5) is 5.69 Å². The minimum Gasteiger partial charge on any atom is -0.380 e. The zero-order valence-corrected chi connectivity index (χ0v) is 13.3. The number of anilines is 1. The van der Waals surface area contributed by atoms with Gasteiger partial charge in [-0.15, -0.1) is 6.42 Å². The van der Waals surface area contributed by atoms with Crippen LogP contribution in [0.1, 0.15) is 39.0 Å². The van der Waals surface area contributed by atoms with Crippen molar-refractivity contribution in [1.29, 1.82) is 0 Å². The van der Waals surface area contributed by atoms with Gasteiger partial charge in [0.15, 0.2) is 0 Å². The van der Waals surface area contributed by atoms with Crippen molar-refractivity contribution >= 4 is 21.6 Å². The van der Waals surface area contributed by atoms with Crippen molar-refractivity contribution in [2.45, 2.75) is 51.6 Å². The molecule has 5 heteroatoms. The fraction of sp³-hybridized carbons (Fsp3) is 0.600. The zero-order valence-electron chi connectivity index (χ0n) is 11.7. The number of hydrogen-bond donors (Lipinski definition) is 1. The van der Waals surface area contributed by atoms with Gasteiger partial charge in [0.2, 0.25) is 0 Å². The van der Waals surface area contributed by atoms with Crippen LogP contribution in [0, 0.1) is 18.3 Å². The highest BCUT2D eigenvalue weighted by atomic mass is 79.9. The highest BCUT2D eigenvalue weighted by Gasteiger charge is 2.21. The van der Waals surface area contributed by atoms with E-state index >= 15 is 0 Å². The molecule has 2 atom stereocenters. The second kappa shape index (κ2) is 6.94. The molecule has 2 rings (SSSR count). The van der Waals surface area contributed by atoms with Crippen LogP contribution >= 0.6 is 15.9 Å². The molecule has 0 amide bonds. The first-order chi connectivity index (χ1) is 9.63. The molecule has 20 heavy (non-hydrogen) atoms. The Balaban J connectivity index is 2.19. The molecule has 1 N–H and O–H groups in total. The summed E-state index contributed by atoms with van der Waals surface area (Å²) in [6.45, 7) is 2.46. The van der Waals surface area contributed by atoms with Gasteiger partial charge in [0.25, 0.3) is 5.56 Å². The molecule has 1 aliphatic rings. The van der Waals surface area contributed by atoms with Crippen LogP contribution in [0.15, 0.2) is 15.5 Å². The van der Waals surface area contributed by atoms with E-state index in [9.17, 15) is 4.79 Å². The number of halogens is 1. The second-order valence-electron chi connectivity index (χ2n) is 5.41. The van der Waals surface area contributed by atoms with Crippen LogP contribution in [0.25, 0.3) is 0 Å². The smallest absolute Gasteiger partial charge is 0.284 e. The Morgan fingerprint density at radius 3 is 3.00 bits per heavy atom. The fourth-order valence-electron chi connectivity index (χ4n) is 2.67. The maximum Gasteiger partial charge on any atom is 0.284 e. The van der Waals surface area contributed by atoms with E-state index in [1.165, 1.54) is 30.4 Å². The lowest BCUT2D eigenvalue weighted by Crippen LogP contribution is -2.29. The van der Waals surface area contributed by atoms with Gasteiger partial charge in [0.05, 0.1) is 11.9 Å². The maximum atomic E-state index is 12.1. The molecular weight excluding hydrogens is 318 g/mol. The Kier molecular flexibility index (Phi) is 5.24. The fourth-order valence-corrected chi connectivity index (χ4v) is 3.09. The minimum atomic E-state index is -0.186. The molecule has 0 radical (unpaired) electrons. The van der Waals surface area contributed by atoms with Gasteiger partial charge in [-0.25, -0.2) is 4.68 Å². The zero-order chi connectivity index (χ0) is 14.5. The van der Waals surface area contributed by atoms with Crippen LogP contribution in [0.3, 0.4) is 0 Å². The van der Waals surface area contributed by atoms with E-state index in [0.29, 0.717) is 16.4 Å². The molecule has 1 saturated carbocycles. The van der Waals surface area contributed by atoms with Crippen LogP contribution in [0.2, 0.25) is 0 Å². The summed E-state index contributed by atoms with van der Waals surface area (Å²) in [7, 11) is 0. The van der Waals surface area contributed by atoms with Gasteiger partial charge in [0, 0.05) is 6.04 Å². The van der Waals surface area contributed by atoms with E-state index in [2.05, 4.69) is 39.2 Å². The summed E-state index contributed by atoms with van der Waals surface area (Å²) < 4.78 is 1.80. The van der Waals surface area contributed by atoms with Crippen molar-refractivity contribution < 1.29 is 0 Å². The Hall–Kier alpha value is -1.28. The quantitative estimate of drug-likeness (QED) is 0.681. The summed E-state index contributed by atoms with van der Waals surface area (Å²) in [6.07, 6.45) is 13.1. The molecule has 0 bridgehead atoms. The molecule has 0 aliphatic heterocycles. The van der Waals surface area contributed by atoms with Crippen molar-refractivity contribution in [2.24, 2.45) is 5.92 Å². The van der Waals surface area contributed by atoms with Crippen LogP contribution < -0.4 is 10.9 Å². The molecule has 2 unspecified atom stereocenters. The topological polar surface area (TPSA) is 46.9 Å². The number of hydrogen-bond acceptors (Lipinski definition) is 3. The number of nitrogens with zero attached hydrogens (tertiary/aromatic N) is 2. The predicted octanol–water partition coefficient (Wildman–Crippen LogP) is 3.02. The van der Waals surface area contributed by atoms with Crippen molar-refractivity contribution in [3.63, 3.8) is 0 Å². The van der Waals surface area contributed by atoms with E-state index < -0.39 is 0 Å². The van der Waals surface area contributed by atoms with E-state index in [-0.39, 0.29) is 12.1 Å². The van der Waals surface area contributed by atoms with Gasteiger partial charge < -0.3 is 5.32 Å². The lowest BCUT2D eigenvalue weighted by molar-refractivity contribution is 0.456. The van der Waals surface area contributed by atoms with Gasteiger partial charge in [-0.1, -0.05) is 32.1 Å². The van der Waals surface area contributed by atoms with Crippen molar-refractivity contribution in [3.05, 3.63) is 21.0 Å². The third-order valence-corrected chi connectivity index (χ3v) is 4.69. The molecule has 0 aromatic carbocycles. The summed E-state index contributed by atoms with van der Waals surface area (Å²) in [5.41, 5.74) is 0.580. The Morgan fingerprint density at radius 2 is 2.25 bits per heavy atom. The third kappa shape index (κ3) is 3.43.